The maximum atomic E-state index is 14.1. The van der Waals surface area contributed by atoms with Gasteiger partial charge in [0.25, 0.3) is 6.43 Å². The van der Waals surface area contributed by atoms with Crippen molar-refractivity contribution in [1.82, 2.24) is 9.55 Å². The quantitative estimate of drug-likeness (QED) is 0.0733. The zero-order valence-electron chi connectivity index (χ0n) is 27.6. The van der Waals surface area contributed by atoms with Gasteiger partial charge in [0.2, 0.25) is 0 Å². The summed E-state index contributed by atoms with van der Waals surface area (Å²) in [4.78, 5) is 8.84. The van der Waals surface area contributed by atoms with Crippen molar-refractivity contribution < 1.29 is 8.78 Å². The number of aliphatic imine (C=N–C) groups is 1. The van der Waals surface area contributed by atoms with Gasteiger partial charge in [0, 0.05) is 47.4 Å². The molecule has 4 rings (SSSR count). The SMILES string of the molecule is C=CCCCCCCc1cc(-c2ccc3c(c2)c(CC(C)(C)CCN=C)c(-c2cccnc2C(C)N)n3CC)cc(C(F)F)c1. The summed E-state index contributed by atoms with van der Waals surface area (Å²) in [5.74, 6) is 0. The van der Waals surface area contributed by atoms with Crippen LogP contribution in [0.1, 0.15) is 101 Å². The molecular weight excluding hydrogens is 562 g/mol. The summed E-state index contributed by atoms with van der Waals surface area (Å²) in [5, 5.41) is 1.13. The number of nitrogens with zero attached hydrogens (tertiary/aromatic N) is 3. The molecule has 1 atom stereocenters. The summed E-state index contributed by atoms with van der Waals surface area (Å²) in [6, 6.07) is 15.7. The zero-order chi connectivity index (χ0) is 32.6. The highest BCUT2D eigenvalue weighted by Crippen LogP contribution is 2.42. The van der Waals surface area contributed by atoms with Crippen molar-refractivity contribution in [3.05, 3.63) is 89.8 Å². The van der Waals surface area contributed by atoms with Crippen LogP contribution < -0.4 is 5.73 Å². The number of benzene rings is 2. The molecule has 0 bridgehead atoms. The van der Waals surface area contributed by atoms with E-state index in [4.69, 9.17) is 10.7 Å². The Morgan fingerprint density at radius 2 is 1.82 bits per heavy atom. The number of aromatic nitrogens is 2. The molecule has 0 saturated carbocycles. The standard InChI is InChI=1S/C39H50F2N4/c1-7-9-10-11-12-13-15-28-22-30(24-31(23-28)38(40)41)29-17-18-35-33(25-29)34(26-39(4,5)19-21-43-6)37(45(35)8-2)32-16-14-20-44-36(32)27(3)42/h7,14,16-18,20,22-25,27,38H,1,6,8-13,15,19,21,26,42H2,2-5H3. The molecule has 4 aromatic rings. The fourth-order valence-corrected chi connectivity index (χ4v) is 6.47. The van der Waals surface area contributed by atoms with Gasteiger partial charge in [0.15, 0.2) is 0 Å². The second-order valence-corrected chi connectivity index (χ2v) is 13.1. The Labute approximate surface area is 268 Å². The number of hydrogen-bond acceptors (Lipinski definition) is 3. The molecule has 2 aromatic heterocycles. The highest BCUT2D eigenvalue weighted by atomic mass is 19.3. The summed E-state index contributed by atoms with van der Waals surface area (Å²) in [5.41, 5.74) is 14.6. The Balaban J connectivity index is 1.87. The van der Waals surface area contributed by atoms with Crippen LogP contribution in [-0.4, -0.2) is 22.8 Å². The Morgan fingerprint density at radius 3 is 2.51 bits per heavy atom. The topological polar surface area (TPSA) is 56.2 Å². The fraction of sp³-hybridized carbons (Fsp3) is 0.436. The molecule has 6 heteroatoms. The van der Waals surface area contributed by atoms with E-state index >= 15 is 0 Å². The smallest absolute Gasteiger partial charge is 0.263 e. The number of allylic oxidation sites excluding steroid dienone is 1. The largest absolute Gasteiger partial charge is 0.340 e. The van der Waals surface area contributed by atoms with Crippen LogP contribution in [0.25, 0.3) is 33.3 Å². The van der Waals surface area contributed by atoms with E-state index in [1.54, 1.807) is 18.3 Å². The molecule has 0 fully saturated rings. The first-order chi connectivity index (χ1) is 21.6. The van der Waals surface area contributed by atoms with E-state index in [9.17, 15) is 8.78 Å². The molecule has 0 amide bonds. The van der Waals surface area contributed by atoms with Gasteiger partial charge in [-0.3, -0.25) is 4.98 Å². The van der Waals surface area contributed by atoms with Gasteiger partial charge >= 0.3 is 0 Å². The van der Waals surface area contributed by atoms with Crippen LogP contribution in [0.4, 0.5) is 8.78 Å². The molecule has 2 aromatic carbocycles. The van der Waals surface area contributed by atoms with E-state index in [0.29, 0.717) is 6.54 Å². The third-order valence-electron chi connectivity index (χ3n) is 8.84. The number of alkyl halides is 2. The van der Waals surface area contributed by atoms with Crippen molar-refractivity contribution in [3.8, 4) is 22.4 Å². The van der Waals surface area contributed by atoms with Crippen LogP contribution in [-0.2, 0) is 19.4 Å². The van der Waals surface area contributed by atoms with E-state index in [0.717, 1.165) is 102 Å². The van der Waals surface area contributed by atoms with Gasteiger partial charge in [-0.2, -0.15) is 0 Å². The second kappa shape index (κ2) is 15.6. The predicted octanol–water partition coefficient (Wildman–Crippen LogP) is 10.7. The van der Waals surface area contributed by atoms with Crippen molar-refractivity contribution in [2.45, 2.75) is 98.1 Å². The average Bonchev–Trinajstić information content (AvgIpc) is 3.33. The van der Waals surface area contributed by atoms with Gasteiger partial charge in [-0.25, -0.2) is 8.78 Å². The maximum Gasteiger partial charge on any atom is 0.263 e. The van der Waals surface area contributed by atoms with Crippen molar-refractivity contribution in [3.63, 3.8) is 0 Å². The Kier molecular flexibility index (Phi) is 11.8. The predicted molar refractivity (Wildman–Crippen MR) is 187 cm³/mol. The molecule has 2 N–H and O–H groups in total. The lowest BCUT2D eigenvalue weighted by molar-refractivity contribution is 0.151. The van der Waals surface area contributed by atoms with Gasteiger partial charge in [-0.05, 0) is 117 Å². The van der Waals surface area contributed by atoms with Crippen LogP contribution in [0.3, 0.4) is 0 Å². The molecule has 4 nitrogen and oxygen atoms in total. The molecule has 0 aliphatic rings. The van der Waals surface area contributed by atoms with E-state index in [2.05, 4.69) is 74.0 Å². The van der Waals surface area contributed by atoms with E-state index in [-0.39, 0.29) is 17.0 Å². The molecule has 45 heavy (non-hydrogen) atoms. The first-order valence-corrected chi connectivity index (χ1v) is 16.4. The zero-order valence-corrected chi connectivity index (χ0v) is 27.6. The highest BCUT2D eigenvalue weighted by molar-refractivity contribution is 5.95. The van der Waals surface area contributed by atoms with Gasteiger partial charge in [-0.1, -0.05) is 51.0 Å². The van der Waals surface area contributed by atoms with Crippen LogP contribution in [0.2, 0.25) is 0 Å². The fourth-order valence-electron chi connectivity index (χ4n) is 6.47. The maximum absolute atomic E-state index is 14.1. The number of fused-ring (bicyclic) bond motifs is 1. The van der Waals surface area contributed by atoms with E-state index in [1.165, 1.54) is 5.56 Å². The number of aryl methyl sites for hydroxylation is 2. The van der Waals surface area contributed by atoms with Crippen molar-refractivity contribution in [2.75, 3.05) is 6.54 Å². The summed E-state index contributed by atoms with van der Waals surface area (Å²) >= 11 is 0. The second-order valence-electron chi connectivity index (χ2n) is 13.1. The minimum atomic E-state index is -2.52. The molecule has 240 valence electrons. The first kappa shape index (κ1) is 34.2. The Hall–Kier alpha value is -3.64. The number of halogens is 2. The molecule has 0 saturated heterocycles. The Morgan fingerprint density at radius 1 is 1.04 bits per heavy atom. The lowest BCUT2D eigenvalue weighted by Crippen LogP contribution is -2.17. The van der Waals surface area contributed by atoms with Crippen molar-refractivity contribution >= 4 is 17.6 Å². The number of pyridine rings is 1. The van der Waals surface area contributed by atoms with Crippen LogP contribution >= 0.6 is 0 Å². The average molecular weight is 613 g/mol. The Bertz CT molecular complexity index is 1600. The van der Waals surface area contributed by atoms with Crippen molar-refractivity contribution in [2.24, 2.45) is 16.1 Å². The van der Waals surface area contributed by atoms with E-state index < -0.39 is 6.43 Å². The lowest BCUT2D eigenvalue weighted by Gasteiger charge is -2.25. The molecule has 0 aliphatic heterocycles. The number of rotatable bonds is 17. The summed E-state index contributed by atoms with van der Waals surface area (Å²) < 4.78 is 30.6. The first-order valence-electron chi connectivity index (χ1n) is 16.4. The van der Waals surface area contributed by atoms with Gasteiger partial charge in [0.1, 0.15) is 0 Å². The molecule has 0 aliphatic carbocycles. The molecule has 0 spiro atoms. The summed E-state index contributed by atoms with van der Waals surface area (Å²) in [6.45, 7) is 17.6. The monoisotopic (exact) mass is 612 g/mol. The van der Waals surface area contributed by atoms with Gasteiger partial charge < -0.3 is 15.3 Å². The number of unbranched alkanes of at least 4 members (excludes halogenated alkanes) is 4. The van der Waals surface area contributed by atoms with Gasteiger partial charge in [0.05, 0.1) is 11.4 Å². The van der Waals surface area contributed by atoms with Crippen LogP contribution in [0.15, 0.2) is 72.4 Å². The minimum absolute atomic E-state index is 0.0517. The third kappa shape index (κ3) is 8.35. The third-order valence-corrected chi connectivity index (χ3v) is 8.84. The summed E-state index contributed by atoms with van der Waals surface area (Å²) in [6.07, 6.45) is 9.07. The minimum Gasteiger partial charge on any atom is -0.340 e. The highest BCUT2D eigenvalue weighted by Gasteiger charge is 2.27. The van der Waals surface area contributed by atoms with Crippen LogP contribution in [0, 0.1) is 5.41 Å². The lowest BCUT2D eigenvalue weighted by atomic mass is 9.81. The van der Waals surface area contributed by atoms with Gasteiger partial charge in [-0.15, -0.1) is 6.58 Å². The number of hydrogen-bond donors (Lipinski definition) is 1. The van der Waals surface area contributed by atoms with Crippen LogP contribution in [0.5, 0.6) is 0 Å². The molecular formula is C39H50F2N4. The molecule has 2 heterocycles. The molecule has 1 unspecified atom stereocenters. The van der Waals surface area contributed by atoms with Crippen molar-refractivity contribution in [1.29, 1.82) is 0 Å². The molecule has 0 radical (unpaired) electrons. The summed E-state index contributed by atoms with van der Waals surface area (Å²) in [7, 11) is 0. The van der Waals surface area contributed by atoms with E-state index in [1.807, 2.05) is 19.1 Å². The number of nitrogens with two attached hydrogens (primary N) is 1. The normalized spacial score (nSPS) is 12.6.